The number of halogens is 3. The normalized spacial score (nSPS) is 10.3. The van der Waals surface area contributed by atoms with Gasteiger partial charge in [0.1, 0.15) is 5.75 Å². The van der Waals surface area contributed by atoms with E-state index in [0.29, 0.717) is 22.0 Å². The van der Waals surface area contributed by atoms with Gasteiger partial charge in [0, 0.05) is 21.6 Å². The Bertz CT molecular complexity index is 534. The van der Waals surface area contributed by atoms with Gasteiger partial charge in [0.15, 0.2) is 0 Å². The van der Waals surface area contributed by atoms with Gasteiger partial charge in [-0.25, -0.2) is 4.98 Å². The average Bonchev–Trinajstić information content (AvgIpc) is 2.33. The van der Waals surface area contributed by atoms with Crippen molar-refractivity contribution in [1.82, 2.24) is 4.98 Å². The summed E-state index contributed by atoms with van der Waals surface area (Å²) in [5.41, 5.74) is 0.978. The lowest BCUT2D eigenvalue weighted by molar-refractivity contribution is 0.459. The number of alkyl halides is 1. The number of hydrogen-bond acceptors (Lipinski definition) is 2. The van der Waals surface area contributed by atoms with Gasteiger partial charge in [-0.3, -0.25) is 0 Å². The number of pyridine rings is 1. The molecule has 0 aliphatic rings. The molecule has 0 saturated carbocycles. The van der Waals surface area contributed by atoms with E-state index in [2.05, 4.69) is 36.8 Å². The Morgan fingerprint density at radius 2 is 2.12 bits per heavy atom. The van der Waals surface area contributed by atoms with Crippen molar-refractivity contribution >= 4 is 43.5 Å². The van der Waals surface area contributed by atoms with Gasteiger partial charge in [-0.15, -0.1) is 0 Å². The maximum Gasteiger partial charge on any atom is 0.223 e. The largest absolute Gasteiger partial charge is 0.437 e. The molecule has 1 heterocycles. The van der Waals surface area contributed by atoms with Crippen LogP contribution in [0.15, 0.2) is 41.0 Å². The molecule has 0 spiro atoms. The SMILES string of the molecule is Clc1cc(Br)ccc1Oc1ncccc1CBr. The van der Waals surface area contributed by atoms with Crippen molar-refractivity contribution in [2.45, 2.75) is 5.33 Å². The maximum absolute atomic E-state index is 6.08. The zero-order valence-electron chi connectivity index (χ0n) is 8.66. The summed E-state index contributed by atoms with van der Waals surface area (Å²) < 4.78 is 6.61. The quantitative estimate of drug-likeness (QED) is 0.687. The van der Waals surface area contributed by atoms with E-state index in [-0.39, 0.29) is 0 Å². The number of rotatable bonds is 3. The van der Waals surface area contributed by atoms with E-state index in [1.807, 2.05) is 18.2 Å². The zero-order chi connectivity index (χ0) is 12.3. The third-order valence-corrected chi connectivity index (χ3v) is 3.49. The molecule has 0 atom stereocenters. The van der Waals surface area contributed by atoms with Crippen molar-refractivity contribution in [1.29, 1.82) is 0 Å². The molecule has 88 valence electrons. The van der Waals surface area contributed by atoms with Crippen molar-refractivity contribution in [2.24, 2.45) is 0 Å². The fourth-order valence-corrected chi connectivity index (χ4v) is 2.42. The fourth-order valence-electron chi connectivity index (χ4n) is 1.28. The summed E-state index contributed by atoms with van der Waals surface area (Å²) >= 11 is 12.8. The van der Waals surface area contributed by atoms with E-state index in [0.717, 1.165) is 10.0 Å². The predicted octanol–water partition coefficient (Wildman–Crippen LogP) is 5.18. The Morgan fingerprint density at radius 3 is 2.82 bits per heavy atom. The van der Waals surface area contributed by atoms with Crippen LogP contribution in [0.2, 0.25) is 5.02 Å². The molecule has 0 saturated heterocycles. The number of ether oxygens (including phenoxy) is 1. The lowest BCUT2D eigenvalue weighted by Gasteiger charge is -2.09. The first kappa shape index (κ1) is 12.9. The standard InChI is InChI=1S/C12H8Br2ClNO/c13-7-8-2-1-5-16-12(8)17-11-4-3-9(14)6-10(11)15/h1-6H,7H2. The second kappa shape index (κ2) is 5.85. The van der Waals surface area contributed by atoms with Crippen molar-refractivity contribution < 1.29 is 4.74 Å². The van der Waals surface area contributed by atoms with Crippen LogP contribution in [-0.2, 0) is 5.33 Å². The van der Waals surface area contributed by atoms with Crippen molar-refractivity contribution in [3.8, 4) is 11.6 Å². The lowest BCUT2D eigenvalue weighted by atomic mass is 10.3. The van der Waals surface area contributed by atoms with Gasteiger partial charge < -0.3 is 4.74 Å². The molecule has 0 aliphatic carbocycles. The van der Waals surface area contributed by atoms with Gasteiger partial charge in [0.05, 0.1) is 5.02 Å². The molecular formula is C12H8Br2ClNO. The molecule has 0 unspecified atom stereocenters. The van der Waals surface area contributed by atoms with E-state index < -0.39 is 0 Å². The predicted molar refractivity (Wildman–Crippen MR) is 76.1 cm³/mol. The summed E-state index contributed by atoms with van der Waals surface area (Å²) in [6.45, 7) is 0. The fraction of sp³-hybridized carbons (Fsp3) is 0.0833. The molecule has 0 N–H and O–H groups in total. The number of hydrogen-bond donors (Lipinski definition) is 0. The first-order chi connectivity index (χ1) is 8.20. The van der Waals surface area contributed by atoms with Crippen molar-refractivity contribution in [3.05, 3.63) is 51.6 Å². The Labute approximate surface area is 121 Å². The molecule has 17 heavy (non-hydrogen) atoms. The highest BCUT2D eigenvalue weighted by Gasteiger charge is 2.08. The minimum absolute atomic E-state index is 0.547. The van der Waals surface area contributed by atoms with E-state index >= 15 is 0 Å². The van der Waals surface area contributed by atoms with Crippen LogP contribution in [0, 0.1) is 0 Å². The van der Waals surface area contributed by atoms with Crippen molar-refractivity contribution in [3.63, 3.8) is 0 Å². The first-order valence-electron chi connectivity index (χ1n) is 4.83. The van der Waals surface area contributed by atoms with Gasteiger partial charge in [-0.1, -0.05) is 49.5 Å². The molecule has 0 amide bonds. The van der Waals surface area contributed by atoms with Crippen LogP contribution in [0.5, 0.6) is 11.6 Å². The van der Waals surface area contributed by atoms with E-state index in [1.54, 1.807) is 18.3 Å². The van der Waals surface area contributed by atoms with Gasteiger partial charge in [-0.05, 0) is 24.3 Å². The molecule has 0 bridgehead atoms. The smallest absolute Gasteiger partial charge is 0.223 e. The third kappa shape index (κ3) is 3.21. The molecule has 1 aromatic heterocycles. The summed E-state index contributed by atoms with van der Waals surface area (Å²) in [7, 11) is 0. The monoisotopic (exact) mass is 375 g/mol. The summed E-state index contributed by atoms with van der Waals surface area (Å²) in [4.78, 5) is 4.19. The summed E-state index contributed by atoms with van der Waals surface area (Å²) in [6, 6.07) is 9.28. The molecule has 2 aromatic rings. The highest BCUT2D eigenvalue weighted by Crippen LogP contribution is 2.32. The maximum atomic E-state index is 6.08. The molecule has 2 nitrogen and oxygen atoms in total. The number of nitrogens with zero attached hydrogens (tertiary/aromatic N) is 1. The Morgan fingerprint density at radius 1 is 1.29 bits per heavy atom. The van der Waals surface area contributed by atoms with Crippen molar-refractivity contribution in [2.75, 3.05) is 0 Å². The van der Waals surface area contributed by atoms with Gasteiger partial charge >= 0.3 is 0 Å². The minimum atomic E-state index is 0.547. The third-order valence-electron chi connectivity index (χ3n) is 2.09. The summed E-state index contributed by atoms with van der Waals surface area (Å²) in [5, 5.41) is 1.23. The second-order valence-electron chi connectivity index (χ2n) is 3.28. The molecule has 1 aromatic carbocycles. The van der Waals surface area contributed by atoms with Crippen LogP contribution in [0.1, 0.15) is 5.56 Å². The van der Waals surface area contributed by atoms with Crippen LogP contribution < -0.4 is 4.74 Å². The highest BCUT2D eigenvalue weighted by molar-refractivity contribution is 9.10. The Hall–Kier alpha value is -0.580. The molecule has 5 heteroatoms. The zero-order valence-corrected chi connectivity index (χ0v) is 12.6. The molecule has 0 aliphatic heterocycles. The van der Waals surface area contributed by atoms with Gasteiger partial charge in [-0.2, -0.15) is 0 Å². The summed E-state index contributed by atoms with van der Waals surface area (Å²) in [6.07, 6.45) is 1.69. The van der Waals surface area contributed by atoms with E-state index in [9.17, 15) is 0 Å². The van der Waals surface area contributed by atoms with Gasteiger partial charge in [0.25, 0.3) is 0 Å². The second-order valence-corrected chi connectivity index (χ2v) is 5.16. The van der Waals surface area contributed by atoms with E-state index in [4.69, 9.17) is 16.3 Å². The average molecular weight is 377 g/mol. The van der Waals surface area contributed by atoms with Crippen LogP contribution in [0.25, 0.3) is 0 Å². The lowest BCUT2D eigenvalue weighted by Crippen LogP contribution is -1.92. The molecule has 2 rings (SSSR count). The molecular weight excluding hydrogens is 369 g/mol. The molecule has 0 radical (unpaired) electrons. The van der Waals surface area contributed by atoms with Gasteiger partial charge in [0.2, 0.25) is 5.88 Å². The van der Waals surface area contributed by atoms with Crippen LogP contribution in [0.3, 0.4) is 0 Å². The van der Waals surface area contributed by atoms with Crippen LogP contribution >= 0.6 is 43.5 Å². The topological polar surface area (TPSA) is 22.1 Å². The van der Waals surface area contributed by atoms with Crippen LogP contribution in [-0.4, -0.2) is 4.98 Å². The Balaban J connectivity index is 2.31. The minimum Gasteiger partial charge on any atom is -0.437 e. The number of benzene rings is 1. The highest BCUT2D eigenvalue weighted by atomic mass is 79.9. The first-order valence-corrected chi connectivity index (χ1v) is 7.12. The Kier molecular flexibility index (Phi) is 4.42. The number of aromatic nitrogens is 1. The van der Waals surface area contributed by atoms with Crippen LogP contribution in [0.4, 0.5) is 0 Å². The van der Waals surface area contributed by atoms with E-state index in [1.165, 1.54) is 0 Å². The molecule has 0 fully saturated rings. The summed E-state index contributed by atoms with van der Waals surface area (Å²) in [5.74, 6) is 1.16.